The molecule has 126 valence electrons. The van der Waals surface area contributed by atoms with Crippen molar-refractivity contribution in [1.29, 1.82) is 0 Å². The molecule has 0 amide bonds. The lowest BCUT2D eigenvalue weighted by Crippen LogP contribution is -2.47. The number of ether oxygens (including phenoxy) is 1. The molecule has 0 bridgehead atoms. The van der Waals surface area contributed by atoms with Gasteiger partial charge in [-0.1, -0.05) is 6.92 Å². The summed E-state index contributed by atoms with van der Waals surface area (Å²) in [6, 6.07) is 0. The first-order valence-corrected chi connectivity index (χ1v) is 9.21. The number of fused-ring (bicyclic) bond motifs is 1. The maximum absolute atomic E-state index is 6.20. The Balaban J connectivity index is 1.38. The Morgan fingerprint density at radius 1 is 1.13 bits per heavy atom. The van der Waals surface area contributed by atoms with Gasteiger partial charge in [-0.05, 0) is 37.2 Å². The molecule has 1 saturated carbocycles. The molecular formula is C18H28N4O. The molecule has 1 aliphatic carbocycles. The van der Waals surface area contributed by atoms with Gasteiger partial charge in [0.2, 0.25) is 5.95 Å². The number of aryl methyl sites for hydroxylation is 1. The molecule has 2 atom stereocenters. The second-order valence-electron chi connectivity index (χ2n) is 7.35. The lowest BCUT2D eigenvalue weighted by atomic mass is 9.93. The number of hydrogen-bond acceptors (Lipinski definition) is 5. The molecule has 5 heteroatoms. The molecule has 0 spiro atoms. The first kappa shape index (κ1) is 15.3. The SMILES string of the molecule is CCc1cnc(N2CC[C@H]3CN(CC4CC4)CCO[C@H]3C2)nc1. The van der Waals surface area contributed by atoms with Crippen LogP contribution in [0.4, 0.5) is 5.95 Å². The molecule has 2 aliphatic heterocycles. The summed E-state index contributed by atoms with van der Waals surface area (Å²) in [5, 5.41) is 0. The number of rotatable bonds is 4. The van der Waals surface area contributed by atoms with Crippen molar-refractivity contribution >= 4 is 5.95 Å². The van der Waals surface area contributed by atoms with Crippen LogP contribution in [0.5, 0.6) is 0 Å². The van der Waals surface area contributed by atoms with E-state index in [1.165, 1.54) is 37.9 Å². The predicted molar refractivity (Wildman–Crippen MR) is 90.6 cm³/mol. The fourth-order valence-corrected chi connectivity index (χ4v) is 3.83. The summed E-state index contributed by atoms with van der Waals surface area (Å²) in [6.45, 7) is 8.60. The molecule has 3 heterocycles. The summed E-state index contributed by atoms with van der Waals surface area (Å²) in [5.74, 6) is 2.50. The highest BCUT2D eigenvalue weighted by atomic mass is 16.5. The van der Waals surface area contributed by atoms with Crippen LogP contribution in [0.15, 0.2) is 12.4 Å². The molecule has 2 saturated heterocycles. The van der Waals surface area contributed by atoms with Crippen LogP contribution < -0.4 is 4.90 Å². The van der Waals surface area contributed by atoms with Crippen molar-refractivity contribution in [2.45, 2.75) is 38.7 Å². The molecule has 23 heavy (non-hydrogen) atoms. The molecule has 0 radical (unpaired) electrons. The van der Waals surface area contributed by atoms with E-state index < -0.39 is 0 Å². The Bertz CT molecular complexity index is 516. The van der Waals surface area contributed by atoms with Gasteiger partial charge in [0.25, 0.3) is 0 Å². The van der Waals surface area contributed by atoms with E-state index in [-0.39, 0.29) is 0 Å². The van der Waals surface area contributed by atoms with E-state index in [9.17, 15) is 0 Å². The molecule has 0 N–H and O–H groups in total. The van der Waals surface area contributed by atoms with Crippen molar-refractivity contribution in [2.75, 3.05) is 44.2 Å². The van der Waals surface area contributed by atoms with Gasteiger partial charge < -0.3 is 14.5 Å². The van der Waals surface area contributed by atoms with Gasteiger partial charge >= 0.3 is 0 Å². The highest BCUT2D eigenvalue weighted by Gasteiger charge is 2.35. The standard InChI is InChI=1S/C18H28N4O/c1-2-14-9-19-18(20-10-14)22-6-5-16-12-21(11-15-3-4-15)7-8-23-17(16)13-22/h9-10,15-17H,2-8,11-13H2,1H3/t16-,17-/m0/s1. The molecule has 0 aromatic carbocycles. The monoisotopic (exact) mass is 316 g/mol. The number of aromatic nitrogens is 2. The average Bonchev–Trinajstić information content (AvgIpc) is 3.41. The highest BCUT2D eigenvalue weighted by molar-refractivity contribution is 5.31. The number of piperidine rings is 1. The summed E-state index contributed by atoms with van der Waals surface area (Å²) in [6.07, 6.45) is 9.30. The maximum Gasteiger partial charge on any atom is 0.225 e. The van der Waals surface area contributed by atoms with Gasteiger partial charge in [-0.25, -0.2) is 9.97 Å². The summed E-state index contributed by atoms with van der Waals surface area (Å²) in [4.78, 5) is 14.0. The minimum absolute atomic E-state index is 0.336. The van der Waals surface area contributed by atoms with Crippen LogP contribution in [0.2, 0.25) is 0 Å². The van der Waals surface area contributed by atoms with Gasteiger partial charge in [0.1, 0.15) is 0 Å². The number of nitrogens with zero attached hydrogens (tertiary/aromatic N) is 4. The Hall–Kier alpha value is -1.20. The predicted octanol–water partition coefficient (Wildman–Crippen LogP) is 1.98. The Kier molecular flexibility index (Phi) is 4.49. The van der Waals surface area contributed by atoms with E-state index in [4.69, 9.17) is 4.74 Å². The largest absolute Gasteiger partial charge is 0.375 e. The Labute approximate surface area is 139 Å². The summed E-state index contributed by atoms with van der Waals surface area (Å²) in [7, 11) is 0. The molecule has 1 aromatic heterocycles. The van der Waals surface area contributed by atoms with E-state index in [1.54, 1.807) is 0 Å². The molecule has 0 unspecified atom stereocenters. The number of anilines is 1. The summed E-state index contributed by atoms with van der Waals surface area (Å²) < 4.78 is 6.20. The third kappa shape index (κ3) is 3.66. The van der Waals surface area contributed by atoms with E-state index in [1.807, 2.05) is 12.4 Å². The van der Waals surface area contributed by atoms with E-state index in [0.29, 0.717) is 12.0 Å². The van der Waals surface area contributed by atoms with Gasteiger partial charge in [-0.2, -0.15) is 0 Å². The lowest BCUT2D eigenvalue weighted by Gasteiger charge is -2.38. The van der Waals surface area contributed by atoms with Gasteiger partial charge in [0.15, 0.2) is 0 Å². The minimum Gasteiger partial charge on any atom is -0.375 e. The average molecular weight is 316 g/mol. The van der Waals surface area contributed by atoms with Crippen LogP contribution in [0.25, 0.3) is 0 Å². The van der Waals surface area contributed by atoms with Gasteiger partial charge in [-0.15, -0.1) is 0 Å². The number of hydrogen-bond donors (Lipinski definition) is 0. The summed E-state index contributed by atoms with van der Waals surface area (Å²) in [5.41, 5.74) is 1.20. The van der Waals surface area contributed by atoms with Crippen LogP contribution in [-0.4, -0.2) is 60.3 Å². The van der Waals surface area contributed by atoms with E-state index in [2.05, 4.69) is 26.7 Å². The molecule has 3 fully saturated rings. The van der Waals surface area contributed by atoms with Gasteiger partial charge in [0, 0.05) is 51.0 Å². The molecular weight excluding hydrogens is 288 g/mol. The zero-order chi connectivity index (χ0) is 15.6. The van der Waals surface area contributed by atoms with Crippen molar-refractivity contribution in [3.8, 4) is 0 Å². The summed E-state index contributed by atoms with van der Waals surface area (Å²) >= 11 is 0. The lowest BCUT2D eigenvalue weighted by molar-refractivity contribution is 0.0249. The van der Waals surface area contributed by atoms with Crippen molar-refractivity contribution in [3.05, 3.63) is 18.0 Å². The molecule has 4 rings (SSSR count). The van der Waals surface area contributed by atoms with E-state index >= 15 is 0 Å². The van der Waals surface area contributed by atoms with Crippen LogP contribution in [-0.2, 0) is 11.2 Å². The van der Waals surface area contributed by atoms with Crippen LogP contribution >= 0.6 is 0 Å². The van der Waals surface area contributed by atoms with Crippen LogP contribution in [0, 0.1) is 11.8 Å². The highest BCUT2D eigenvalue weighted by Crippen LogP contribution is 2.32. The maximum atomic E-state index is 6.20. The third-order valence-corrected chi connectivity index (χ3v) is 5.52. The van der Waals surface area contributed by atoms with Gasteiger partial charge in [-0.3, -0.25) is 0 Å². The topological polar surface area (TPSA) is 41.5 Å². The van der Waals surface area contributed by atoms with Crippen molar-refractivity contribution in [2.24, 2.45) is 11.8 Å². The second-order valence-corrected chi connectivity index (χ2v) is 7.35. The van der Waals surface area contributed by atoms with E-state index in [0.717, 1.165) is 44.5 Å². The van der Waals surface area contributed by atoms with Crippen molar-refractivity contribution in [1.82, 2.24) is 14.9 Å². The van der Waals surface area contributed by atoms with Gasteiger partial charge in [0.05, 0.1) is 12.7 Å². The minimum atomic E-state index is 0.336. The molecule has 3 aliphatic rings. The van der Waals surface area contributed by atoms with Crippen molar-refractivity contribution in [3.63, 3.8) is 0 Å². The van der Waals surface area contributed by atoms with Crippen molar-refractivity contribution < 1.29 is 4.74 Å². The first-order valence-electron chi connectivity index (χ1n) is 9.21. The zero-order valence-electron chi connectivity index (χ0n) is 14.2. The fraction of sp³-hybridized carbons (Fsp3) is 0.778. The quantitative estimate of drug-likeness (QED) is 0.849. The van der Waals surface area contributed by atoms with Crippen LogP contribution in [0.1, 0.15) is 31.7 Å². The first-order chi connectivity index (χ1) is 11.3. The molecule has 5 nitrogen and oxygen atoms in total. The van der Waals surface area contributed by atoms with Crippen LogP contribution in [0.3, 0.4) is 0 Å². The zero-order valence-corrected chi connectivity index (χ0v) is 14.2. The fourth-order valence-electron chi connectivity index (χ4n) is 3.83. The molecule has 1 aromatic rings. The normalized spacial score (nSPS) is 29.2. The third-order valence-electron chi connectivity index (χ3n) is 5.52. The Morgan fingerprint density at radius 2 is 1.96 bits per heavy atom. The smallest absolute Gasteiger partial charge is 0.225 e. The second kappa shape index (κ2) is 6.73. The Morgan fingerprint density at radius 3 is 2.70 bits per heavy atom.